The zero-order chi connectivity index (χ0) is 17.7. The third-order valence-corrected chi connectivity index (χ3v) is 3.09. The third kappa shape index (κ3) is 5.46. The van der Waals surface area contributed by atoms with E-state index in [1.807, 2.05) is 0 Å². The fourth-order valence-electron chi connectivity index (χ4n) is 2.01. The second kappa shape index (κ2) is 7.21. The van der Waals surface area contributed by atoms with Crippen molar-refractivity contribution >= 4 is 23.2 Å². The number of benzene rings is 2. The van der Waals surface area contributed by atoms with Crippen molar-refractivity contribution in [1.29, 1.82) is 0 Å². The van der Waals surface area contributed by atoms with Crippen LogP contribution in [0.15, 0.2) is 42.5 Å². The Hall–Kier alpha value is -2.76. The molecule has 0 radical (unpaired) electrons. The first-order valence-electron chi connectivity index (χ1n) is 7.61. The normalized spacial score (nSPS) is 11.0. The lowest BCUT2D eigenvalue weighted by atomic mass is 10.2. The molecule has 128 valence electrons. The Morgan fingerprint density at radius 2 is 1.83 bits per heavy atom. The van der Waals surface area contributed by atoms with Crippen LogP contribution in [0.4, 0.5) is 26.2 Å². The van der Waals surface area contributed by atoms with Crippen molar-refractivity contribution in [3.63, 3.8) is 0 Å². The fraction of sp³-hybridized carbons (Fsp3) is 0.278. The van der Waals surface area contributed by atoms with E-state index in [0.29, 0.717) is 23.6 Å². The Morgan fingerprint density at radius 1 is 1.17 bits per heavy atom. The second-order valence-electron chi connectivity index (χ2n) is 6.41. The minimum absolute atomic E-state index is 0.276. The van der Waals surface area contributed by atoms with Crippen LogP contribution in [-0.2, 0) is 11.3 Å². The van der Waals surface area contributed by atoms with Gasteiger partial charge in [-0.25, -0.2) is 9.18 Å². The highest BCUT2D eigenvalue weighted by Crippen LogP contribution is 2.24. The number of nitrogens with one attached hydrogen (secondary N) is 2. The summed E-state index contributed by atoms with van der Waals surface area (Å²) in [6, 6.07) is 11.3. The van der Waals surface area contributed by atoms with Crippen LogP contribution in [0, 0.1) is 5.82 Å². The second-order valence-corrected chi connectivity index (χ2v) is 6.41. The van der Waals surface area contributed by atoms with Crippen LogP contribution < -0.4 is 16.4 Å². The number of anilines is 3. The average molecular weight is 331 g/mol. The molecule has 0 aliphatic carbocycles. The third-order valence-electron chi connectivity index (χ3n) is 3.09. The fourth-order valence-corrected chi connectivity index (χ4v) is 2.01. The minimum Gasteiger partial charge on any atom is -0.444 e. The molecular formula is C18H22FN3O2. The smallest absolute Gasteiger partial charge is 0.412 e. The molecular weight excluding hydrogens is 309 g/mol. The zero-order valence-corrected chi connectivity index (χ0v) is 14.0. The molecule has 0 bridgehead atoms. The molecule has 2 rings (SSSR count). The van der Waals surface area contributed by atoms with Crippen LogP contribution in [0.3, 0.4) is 0 Å². The van der Waals surface area contributed by atoms with Crippen molar-refractivity contribution in [3.8, 4) is 0 Å². The molecule has 0 saturated heterocycles. The Balaban J connectivity index is 2.02. The van der Waals surface area contributed by atoms with Crippen molar-refractivity contribution in [2.24, 2.45) is 0 Å². The molecule has 0 spiro atoms. The number of carbonyl (C=O) groups is 1. The molecule has 0 atom stereocenters. The molecule has 0 aromatic heterocycles. The first kappa shape index (κ1) is 17.6. The molecule has 5 nitrogen and oxygen atoms in total. The van der Waals surface area contributed by atoms with Gasteiger partial charge in [-0.1, -0.05) is 12.1 Å². The number of halogens is 1. The molecule has 1 amide bonds. The summed E-state index contributed by atoms with van der Waals surface area (Å²) in [6.45, 7) is 5.88. The maximum Gasteiger partial charge on any atom is 0.412 e. The van der Waals surface area contributed by atoms with Crippen molar-refractivity contribution in [2.75, 3.05) is 16.4 Å². The van der Waals surface area contributed by atoms with E-state index < -0.39 is 11.7 Å². The molecule has 4 N–H and O–H groups in total. The first-order chi connectivity index (χ1) is 11.2. The molecule has 24 heavy (non-hydrogen) atoms. The van der Waals surface area contributed by atoms with Crippen LogP contribution >= 0.6 is 0 Å². The monoisotopic (exact) mass is 331 g/mol. The van der Waals surface area contributed by atoms with Crippen LogP contribution in [0.25, 0.3) is 0 Å². The first-order valence-corrected chi connectivity index (χ1v) is 7.61. The van der Waals surface area contributed by atoms with E-state index in [4.69, 9.17) is 10.5 Å². The molecule has 6 heteroatoms. The quantitative estimate of drug-likeness (QED) is 0.727. The molecule has 2 aromatic carbocycles. The molecule has 0 heterocycles. The summed E-state index contributed by atoms with van der Waals surface area (Å²) in [5.74, 6) is -0.276. The van der Waals surface area contributed by atoms with Gasteiger partial charge in [-0.15, -0.1) is 0 Å². The summed E-state index contributed by atoms with van der Waals surface area (Å²) in [4.78, 5) is 11.8. The lowest BCUT2D eigenvalue weighted by Gasteiger charge is -2.20. The van der Waals surface area contributed by atoms with E-state index in [-0.39, 0.29) is 5.82 Å². The van der Waals surface area contributed by atoms with E-state index in [1.54, 1.807) is 51.1 Å². The molecule has 0 aliphatic heterocycles. The molecule has 0 fully saturated rings. The summed E-state index contributed by atoms with van der Waals surface area (Å²) in [6.07, 6.45) is -0.531. The van der Waals surface area contributed by atoms with Crippen LogP contribution in [0.2, 0.25) is 0 Å². The lowest BCUT2D eigenvalue weighted by molar-refractivity contribution is 0.0636. The molecule has 0 aliphatic rings. The average Bonchev–Trinajstić information content (AvgIpc) is 2.47. The number of carbonyl (C=O) groups excluding carboxylic acids is 1. The van der Waals surface area contributed by atoms with Gasteiger partial charge in [0.15, 0.2) is 0 Å². The highest BCUT2D eigenvalue weighted by molar-refractivity contribution is 5.87. The van der Waals surface area contributed by atoms with Crippen molar-refractivity contribution in [3.05, 3.63) is 53.8 Å². The van der Waals surface area contributed by atoms with Gasteiger partial charge >= 0.3 is 6.09 Å². The summed E-state index contributed by atoms with van der Waals surface area (Å²) < 4.78 is 18.1. The number of rotatable bonds is 4. The Labute approximate surface area is 141 Å². The maximum atomic E-state index is 12.9. The van der Waals surface area contributed by atoms with Gasteiger partial charge in [0, 0.05) is 12.2 Å². The standard InChI is InChI=1S/C18H22FN3O2/c1-18(2,3)24-17(23)22-14-8-9-15(20)16(10-14)21-11-12-4-6-13(19)7-5-12/h4-10,21H,11,20H2,1-3H3,(H,22,23). The molecule has 0 unspecified atom stereocenters. The Morgan fingerprint density at radius 3 is 2.46 bits per heavy atom. The predicted molar refractivity (Wildman–Crippen MR) is 94.4 cm³/mol. The number of ether oxygens (including phenoxy) is 1. The Kier molecular flexibility index (Phi) is 5.28. The maximum absolute atomic E-state index is 12.9. The predicted octanol–water partition coefficient (Wildman–Crippen LogP) is 4.37. The van der Waals surface area contributed by atoms with E-state index in [9.17, 15) is 9.18 Å². The van der Waals surface area contributed by atoms with Crippen molar-refractivity contribution < 1.29 is 13.9 Å². The van der Waals surface area contributed by atoms with E-state index in [2.05, 4.69) is 10.6 Å². The Bertz CT molecular complexity index is 709. The summed E-state index contributed by atoms with van der Waals surface area (Å²) in [5, 5.41) is 5.84. The SMILES string of the molecule is CC(C)(C)OC(=O)Nc1ccc(N)c(NCc2ccc(F)cc2)c1. The number of nitrogens with two attached hydrogens (primary N) is 1. The van der Waals surface area contributed by atoms with Gasteiger partial charge in [0.1, 0.15) is 11.4 Å². The highest BCUT2D eigenvalue weighted by atomic mass is 19.1. The van der Waals surface area contributed by atoms with Gasteiger partial charge < -0.3 is 15.8 Å². The van der Waals surface area contributed by atoms with Gasteiger partial charge in [0.2, 0.25) is 0 Å². The zero-order valence-electron chi connectivity index (χ0n) is 14.0. The minimum atomic E-state index is -0.568. The lowest BCUT2D eigenvalue weighted by Crippen LogP contribution is -2.27. The van der Waals surface area contributed by atoms with E-state index in [0.717, 1.165) is 5.56 Å². The number of nitrogen functional groups attached to an aromatic ring is 1. The topological polar surface area (TPSA) is 76.4 Å². The van der Waals surface area contributed by atoms with Crippen molar-refractivity contribution in [2.45, 2.75) is 32.9 Å². The molecule has 0 saturated carbocycles. The van der Waals surface area contributed by atoms with Crippen molar-refractivity contribution in [1.82, 2.24) is 0 Å². The largest absolute Gasteiger partial charge is 0.444 e. The van der Waals surface area contributed by atoms with E-state index in [1.165, 1.54) is 12.1 Å². The molecule has 2 aromatic rings. The number of hydrogen-bond acceptors (Lipinski definition) is 4. The van der Waals surface area contributed by atoms with Gasteiger partial charge in [-0.2, -0.15) is 0 Å². The van der Waals surface area contributed by atoms with Gasteiger partial charge in [-0.3, -0.25) is 5.32 Å². The summed E-state index contributed by atoms with van der Waals surface area (Å²) in [7, 11) is 0. The summed E-state index contributed by atoms with van der Waals surface area (Å²) in [5.41, 5.74) is 8.09. The number of hydrogen-bond donors (Lipinski definition) is 3. The van der Waals surface area contributed by atoms with Gasteiger partial charge in [0.05, 0.1) is 11.4 Å². The summed E-state index contributed by atoms with van der Waals surface area (Å²) >= 11 is 0. The van der Waals surface area contributed by atoms with Crippen LogP contribution in [0.1, 0.15) is 26.3 Å². The highest BCUT2D eigenvalue weighted by Gasteiger charge is 2.16. The van der Waals surface area contributed by atoms with Crippen LogP contribution in [-0.4, -0.2) is 11.7 Å². The van der Waals surface area contributed by atoms with Crippen LogP contribution in [0.5, 0.6) is 0 Å². The van der Waals surface area contributed by atoms with E-state index >= 15 is 0 Å². The van der Waals surface area contributed by atoms with Gasteiger partial charge in [-0.05, 0) is 56.7 Å². The van der Waals surface area contributed by atoms with Gasteiger partial charge in [0.25, 0.3) is 0 Å². The number of amides is 1.